The van der Waals surface area contributed by atoms with Gasteiger partial charge in [-0.25, -0.2) is 9.97 Å². The van der Waals surface area contributed by atoms with Crippen LogP contribution in [-0.2, 0) is 42.6 Å². The Hall–Kier alpha value is -7.15. The fourth-order valence-electron chi connectivity index (χ4n) is 12.6. The zero-order chi connectivity index (χ0) is 51.7. The van der Waals surface area contributed by atoms with E-state index in [1.807, 2.05) is 36.4 Å². The quantitative estimate of drug-likeness (QED) is 0.101. The van der Waals surface area contributed by atoms with Crippen molar-refractivity contribution < 1.29 is 29.0 Å². The van der Waals surface area contributed by atoms with Crippen LogP contribution in [0.15, 0.2) is 78.4 Å². The molecule has 18 nitrogen and oxygen atoms in total. The van der Waals surface area contributed by atoms with Crippen LogP contribution in [0.1, 0.15) is 101 Å². The summed E-state index contributed by atoms with van der Waals surface area (Å²) in [5, 5.41) is 17.1. The Morgan fingerprint density at radius 2 is 1.66 bits per heavy atom. The molecule has 3 saturated heterocycles. The number of fused-ring (bicyclic) bond motifs is 4. The van der Waals surface area contributed by atoms with Gasteiger partial charge in [-0.1, -0.05) is 20.4 Å². The van der Waals surface area contributed by atoms with Gasteiger partial charge in [0.2, 0.25) is 5.91 Å². The van der Waals surface area contributed by atoms with E-state index in [0.717, 1.165) is 56.7 Å². The number of rotatable bonds is 11. The van der Waals surface area contributed by atoms with E-state index in [-0.39, 0.29) is 53.0 Å². The first-order valence-corrected chi connectivity index (χ1v) is 26.0. The predicted octanol–water partition coefficient (Wildman–Crippen LogP) is 6.13. The molecule has 0 saturated carbocycles. The average molecular weight is 1000 g/mol. The monoisotopic (exact) mass is 1000 g/mol. The molecule has 0 radical (unpaired) electrons. The average Bonchev–Trinajstić information content (AvgIpc) is 3.98. The minimum atomic E-state index is -0.415. The fourth-order valence-corrected chi connectivity index (χ4v) is 12.6. The second-order valence-corrected chi connectivity index (χ2v) is 21.7. The first-order valence-electron chi connectivity index (χ1n) is 26.0. The number of aromatic nitrogens is 4. The van der Waals surface area contributed by atoms with Crippen molar-refractivity contribution in [2.75, 3.05) is 71.3 Å². The van der Waals surface area contributed by atoms with Gasteiger partial charge in [0.15, 0.2) is 5.82 Å². The lowest BCUT2D eigenvalue weighted by molar-refractivity contribution is -0.111. The zero-order valence-corrected chi connectivity index (χ0v) is 42.9. The number of anilines is 6. The molecule has 74 heavy (non-hydrogen) atoms. The van der Waals surface area contributed by atoms with Crippen LogP contribution in [0.2, 0.25) is 0 Å². The molecule has 1 unspecified atom stereocenters. The van der Waals surface area contributed by atoms with Crippen LogP contribution in [0.25, 0.3) is 11.3 Å². The number of nitrogens with one attached hydrogen (secondary N) is 2. The first kappa shape index (κ1) is 49.1. The van der Waals surface area contributed by atoms with Gasteiger partial charge < -0.3 is 39.4 Å². The molecule has 0 bridgehead atoms. The number of aliphatic hydroxyl groups is 1. The van der Waals surface area contributed by atoms with Gasteiger partial charge in [-0.15, -0.1) is 0 Å². The topological polar surface area (TPSA) is 191 Å². The number of aryl methyl sites for hydroxylation is 1. The molecular weight excluding hydrogens is 939 g/mol. The molecular formula is C56H65N11O7. The SMILES string of the molecule is C=CC(=O)Nc1cc(Nc2nc(-c3ccnc(N4CCn5c(cc6c5CC(C)(C)C6)C4=O)c3CO)cn(C)c2=O)ccc1N1CCN(C2CCN(c3ccc4c(c3)C(=O)N(C3CCOCC3)C4=O)[C@H](C)C2)C[C@@H]1C. The van der Waals surface area contributed by atoms with Crippen molar-refractivity contribution in [3.8, 4) is 11.3 Å². The van der Waals surface area contributed by atoms with Gasteiger partial charge in [0.25, 0.3) is 23.3 Å². The van der Waals surface area contributed by atoms with Crippen molar-refractivity contribution in [1.82, 2.24) is 28.9 Å². The van der Waals surface area contributed by atoms with E-state index in [1.165, 1.54) is 26.8 Å². The smallest absolute Gasteiger partial charge is 0.293 e. The number of carbonyl (C=O) groups excluding carboxylic acids is 4. The van der Waals surface area contributed by atoms with Crippen molar-refractivity contribution >= 4 is 58.0 Å². The van der Waals surface area contributed by atoms with Crippen molar-refractivity contribution in [3.63, 3.8) is 0 Å². The highest BCUT2D eigenvalue weighted by molar-refractivity contribution is 6.22. The van der Waals surface area contributed by atoms with Crippen LogP contribution in [0.3, 0.4) is 0 Å². The number of hydrogen-bond donors (Lipinski definition) is 3. The van der Waals surface area contributed by atoms with Crippen LogP contribution in [0.4, 0.5) is 34.4 Å². The first-order chi connectivity index (χ1) is 35.6. The number of ether oxygens (including phenoxy) is 1. The molecule has 6 aliphatic rings. The summed E-state index contributed by atoms with van der Waals surface area (Å²) in [6.45, 7) is 17.5. The standard InChI is InChI=1S/C56H65N11O7/c1-7-49(69)59-44-26-36(58-50-55(73)61(6)31-45(60-50)40-12-16-57-51(43(40)32-68)66-21-20-65-47(54(66)72)25-35-28-56(4,5)29-48(35)65)8-11-46(44)64-19-18-62(30-34(64)3)38-13-17-63(33(2)24-38)39-9-10-41-42(27-39)53(71)67(52(41)70)37-14-22-74-23-15-37/h7-12,16,25-27,31,33-34,37-38,68H,1,13-15,17-24,28-30,32H2,2-6H3,(H,58,60)(H,59,69)/t33-,34+,38?/m1/s1. The largest absolute Gasteiger partial charge is 0.392 e. The Balaban J connectivity index is 0.779. The summed E-state index contributed by atoms with van der Waals surface area (Å²) in [7, 11) is 1.63. The number of nitrogens with zero attached hydrogens (tertiary/aromatic N) is 9. The van der Waals surface area contributed by atoms with E-state index in [0.29, 0.717) is 103 Å². The normalized spacial score (nSPS) is 22.0. The number of benzene rings is 2. The number of piperazine rings is 1. The third-order valence-corrected chi connectivity index (χ3v) is 16.2. The lowest BCUT2D eigenvalue weighted by Gasteiger charge is -2.48. The van der Waals surface area contributed by atoms with Crippen molar-refractivity contribution in [3.05, 3.63) is 118 Å². The summed E-state index contributed by atoms with van der Waals surface area (Å²) >= 11 is 0. The van der Waals surface area contributed by atoms with Gasteiger partial charge >= 0.3 is 0 Å². The highest BCUT2D eigenvalue weighted by Gasteiger charge is 2.42. The van der Waals surface area contributed by atoms with Gasteiger partial charge in [0.05, 0.1) is 34.8 Å². The number of aliphatic hydroxyl groups excluding tert-OH is 1. The van der Waals surface area contributed by atoms with Gasteiger partial charge in [0, 0.05) is 124 Å². The van der Waals surface area contributed by atoms with Crippen LogP contribution in [0, 0.1) is 5.41 Å². The Labute approximate surface area is 430 Å². The number of carbonyl (C=O) groups is 4. The second kappa shape index (κ2) is 19.3. The molecule has 4 amide bonds. The molecule has 18 heteroatoms. The number of piperidine rings is 1. The van der Waals surface area contributed by atoms with Gasteiger partial charge in [-0.3, -0.25) is 38.7 Å². The molecule has 0 spiro atoms. The lowest BCUT2D eigenvalue weighted by Crippen LogP contribution is -2.58. The molecule has 3 atom stereocenters. The summed E-state index contributed by atoms with van der Waals surface area (Å²) in [6, 6.07) is 15.6. The van der Waals surface area contributed by atoms with Crippen LogP contribution in [0.5, 0.6) is 0 Å². The highest BCUT2D eigenvalue weighted by atomic mass is 16.5. The molecule has 386 valence electrons. The molecule has 3 N–H and O–H groups in total. The van der Waals surface area contributed by atoms with E-state index in [2.05, 4.69) is 69.2 Å². The third kappa shape index (κ3) is 8.75. The van der Waals surface area contributed by atoms with Crippen LogP contribution >= 0.6 is 0 Å². The van der Waals surface area contributed by atoms with Crippen molar-refractivity contribution in [1.29, 1.82) is 0 Å². The summed E-state index contributed by atoms with van der Waals surface area (Å²) in [5.74, 6) is -0.569. The summed E-state index contributed by atoms with van der Waals surface area (Å²) in [6.07, 6.45) is 9.48. The Morgan fingerprint density at radius 3 is 2.42 bits per heavy atom. The van der Waals surface area contributed by atoms with E-state index >= 15 is 0 Å². The number of amides is 4. The minimum absolute atomic E-state index is 0.0320. The number of hydrogen-bond acceptors (Lipinski definition) is 13. The molecule has 5 aromatic rings. The maximum atomic E-state index is 14.1. The Morgan fingerprint density at radius 1 is 0.865 bits per heavy atom. The highest BCUT2D eigenvalue weighted by Crippen LogP contribution is 2.41. The van der Waals surface area contributed by atoms with Crippen LogP contribution in [-0.4, -0.2) is 128 Å². The number of pyridine rings is 1. The van der Waals surface area contributed by atoms with Gasteiger partial charge in [-0.05, 0) is 118 Å². The summed E-state index contributed by atoms with van der Waals surface area (Å²) < 4.78 is 9.06. The van der Waals surface area contributed by atoms with E-state index < -0.39 is 12.2 Å². The van der Waals surface area contributed by atoms with E-state index in [1.54, 1.807) is 36.5 Å². The summed E-state index contributed by atoms with van der Waals surface area (Å²) in [5.41, 5.74) is 8.02. The fraction of sp³-hybridized carbons (Fsp3) is 0.446. The molecule has 5 aliphatic heterocycles. The van der Waals surface area contributed by atoms with E-state index in [4.69, 9.17) is 9.72 Å². The van der Waals surface area contributed by atoms with Crippen LogP contribution < -0.4 is 30.9 Å². The minimum Gasteiger partial charge on any atom is -0.392 e. The van der Waals surface area contributed by atoms with Crippen molar-refractivity contribution in [2.45, 2.75) is 104 Å². The summed E-state index contributed by atoms with van der Waals surface area (Å²) in [4.78, 5) is 87.5. The molecule has 11 rings (SSSR count). The van der Waals surface area contributed by atoms with Gasteiger partial charge in [0.1, 0.15) is 11.5 Å². The molecule has 2 aromatic carbocycles. The zero-order valence-electron chi connectivity index (χ0n) is 42.9. The van der Waals surface area contributed by atoms with E-state index in [9.17, 15) is 29.1 Å². The van der Waals surface area contributed by atoms with Gasteiger partial charge in [-0.2, -0.15) is 0 Å². The molecule has 3 aromatic heterocycles. The number of imide groups is 1. The third-order valence-electron chi connectivity index (χ3n) is 16.2. The Kier molecular flexibility index (Phi) is 12.8. The molecule has 1 aliphatic carbocycles. The van der Waals surface area contributed by atoms with Crippen molar-refractivity contribution in [2.24, 2.45) is 12.5 Å². The Bertz CT molecular complexity index is 3170. The maximum Gasteiger partial charge on any atom is 0.293 e. The molecule has 3 fully saturated rings. The maximum absolute atomic E-state index is 14.1. The lowest BCUT2D eigenvalue weighted by atomic mass is 9.90. The molecule has 8 heterocycles. The second-order valence-electron chi connectivity index (χ2n) is 21.7. The predicted molar refractivity (Wildman–Crippen MR) is 283 cm³/mol.